The first-order valence-corrected chi connectivity index (χ1v) is 50.7. The van der Waals surface area contributed by atoms with E-state index >= 15 is 0 Å². The molecular weight excluding hydrogens is 1100 g/mol. The van der Waals surface area contributed by atoms with E-state index in [9.17, 15) is 0 Å². The van der Waals surface area contributed by atoms with E-state index in [0.717, 1.165) is 11.8 Å². The van der Waals surface area contributed by atoms with Gasteiger partial charge in [0.05, 0.1) is 0 Å². The molecule has 6 heterocycles. The maximum atomic E-state index is 2.75. The fraction of sp³-hybridized carbons (Fsp3) is 0.607. The summed E-state index contributed by atoms with van der Waals surface area (Å²) < 4.78 is 12.9. The van der Waals surface area contributed by atoms with Crippen molar-refractivity contribution in [1.29, 1.82) is 0 Å². The molecule has 7 rings (SSSR count). The minimum absolute atomic E-state index is 0.780. The number of hydrogen-bond donors (Lipinski definition) is 0. The molecule has 0 aliphatic rings. The van der Waals surface area contributed by atoms with Crippen LogP contribution in [-0.4, -0.2) is 36.8 Å². The Balaban J connectivity index is 1.55. The Labute approximate surface area is 422 Å². The van der Waals surface area contributed by atoms with E-state index in [1.54, 1.807) is 86.5 Å². The molecule has 350 valence electrons. The molecule has 0 aliphatic carbocycles. The third-order valence-electron chi connectivity index (χ3n) is 14.1. The van der Waals surface area contributed by atoms with Gasteiger partial charge >= 0.3 is 374 Å². The summed E-state index contributed by atoms with van der Waals surface area (Å²) in [7, 11) is 0. The Bertz CT molecular complexity index is 2410. The van der Waals surface area contributed by atoms with Gasteiger partial charge in [0.25, 0.3) is 0 Å². The number of rotatable bonds is 26. The van der Waals surface area contributed by atoms with Crippen LogP contribution in [0, 0.1) is 11.8 Å². The van der Waals surface area contributed by atoms with Gasteiger partial charge in [-0.3, -0.25) is 0 Å². The molecule has 0 N–H and O–H groups in total. The van der Waals surface area contributed by atoms with Crippen LogP contribution in [0.25, 0.3) is 59.9 Å². The van der Waals surface area contributed by atoms with Crippen LogP contribution in [-0.2, 0) is 25.7 Å². The molecule has 2 atom stereocenters. The average Bonchev–Trinajstić information content (AvgIpc) is 4.11. The van der Waals surface area contributed by atoms with Crippen molar-refractivity contribution in [2.24, 2.45) is 11.8 Å². The number of benzene rings is 1. The number of thiophene rings is 6. The van der Waals surface area contributed by atoms with Gasteiger partial charge in [-0.2, -0.15) is 0 Å². The molecule has 2 unspecified atom stereocenters. The van der Waals surface area contributed by atoms with Gasteiger partial charge in [0.1, 0.15) is 0 Å². The van der Waals surface area contributed by atoms with Gasteiger partial charge in [-0.25, -0.2) is 0 Å². The number of hydrogen-bond acceptors (Lipinski definition) is 6. The summed E-state index contributed by atoms with van der Waals surface area (Å²) in [6.45, 7) is 14.4. The molecule has 0 fully saturated rings. The van der Waals surface area contributed by atoms with Crippen LogP contribution in [0.1, 0.15) is 165 Å². The second-order valence-corrected chi connectivity index (χ2v) is 58.8. The smallest absolute Gasteiger partial charge is 0.0654 e. The van der Waals surface area contributed by atoms with Crippen molar-refractivity contribution in [3.05, 3.63) is 45.1 Å². The zero-order valence-electron chi connectivity index (χ0n) is 42.1. The molecule has 0 amide bonds. The fourth-order valence-corrected chi connectivity index (χ4v) is 29.2. The van der Waals surface area contributed by atoms with Gasteiger partial charge in [-0.1, -0.05) is 53.4 Å². The monoisotopic (exact) mass is 1190 g/mol. The van der Waals surface area contributed by atoms with Gasteiger partial charge in [-0.15, -0.1) is 0 Å². The number of unbranched alkanes of at least 4 members (excludes halogenated alkanes) is 8. The van der Waals surface area contributed by atoms with Crippen LogP contribution in [0.4, 0.5) is 0 Å². The van der Waals surface area contributed by atoms with Crippen molar-refractivity contribution in [3.8, 4) is 20.9 Å². The van der Waals surface area contributed by atoms with Crippen molar-refractivity contribution in [1.82, 2.24) is 0 Å². The average molecular weight is 1190 g/mol. The van der Waals surface area contributed by atoms with E-state index in [0.29, 0.717) is 0 Å². The number of aryl methyl sites for hydroxylation is 2. The SMILES string of the molecule is CCCCCCc1cc(-c2c3sc4c[c]([Sn]([CH3])([CH3])[CH3])sc4c3c(-c3cc(CCCCCC)c(CC(CC)CCCC)s3)c3sc4c[c]([Sn]([CH3])([CH3])[CH3])sc4c23)sc1CC(CC)CCCC. The minimum Gasteiger partial charge on any atom is -0.0654 e. The molecule has 0 radical (unpaired) electrons. The van der Waals surface area contributed by atoms with Crippen molar-refractivity contribution >= 4 is 150 Å². The van der Waals surface area contributed by atoms with Gasteiger partial charge < -0.3 is 0 Å². The van der Waals surface area contributed by atoms with Crippen molar-refractivity contribution < 1.29 is 0 Å². The normalized spacial score (nSPS) is 13.8. The van der Waals surface area contributed by atoms with E-state index in [2.05, 4.69) is 163 Å². The first-order chi connectivity index (χ1) is 30.7. The van der Waals surface area contributed by atoms with Gasteiger partial charge in [0, 0.05) is 0 Å². The summed E-state index contributed by atoms with van der Waals surface area (Å²) in [5.41, 5.74) is 6.54. The van der Waals surface area contributed by atoms with Crippen LogP contribution >= 0.6 is 68.0 Å². The minimum atomic E-state index is -2.35. The van der Waals surface area contributed by atoms with E-state index in [1.165, 1.54) is 128 Å². The van der Waals surface area contributed by atoms with Crippen molar-refractivity contribution in [3.63, 3.8) is 0 Å². The van der Waals surface area contributed by atoms with Gasteiger partial charge in [-0.05, 0) is 0 Å². The van der Waals surface area contributed by atoms with Crippen molar-refractivity contribution in [2.45, 2.75) is 200 Å². The van der Waals surface area contributed by atoms with E-state index in [1.807, 2.05) is 0 Å². The first-order valence-electron chi connectivity index (χ1n) is 25.9. The second-order valence-electron chi connectivity index (χ2n) is 21.5. The maximum absolute atomic E-state index is 2.75. The second kappa shape index (κ2) is 23.3. The molecular formula is C56H82S6Sn2. The summed E-state index contributed by atoms with van der Waals surface area (Å²) in [5, 5.41) is 3.21. The van der Waals surface area contributed by atoms with Gasteiger partial charge in [0.15, 0.2) is 0 Å². The van der Waals surface area contributed by atoms with E-state index in [-0.39, 0.29) is 0 Å². The zero-order chi connectivity index (χ0) is 45.8. The van der Waals surface area contributed by atoms with E-state index in [4.69, 9.17) is 0 Å². The molecule has 1 aromatic carbocycles. The topological polar surface area (TPSA) is 0 Å². The van der Waals surface area contributed by atoms with Crippen LogP contribution in [0.5, 0.6) is 0 Å². The summed E-state index contributed by atoms with van der Waals surface area (Å²) in [4.78, 5) is 22.3. The Morgan fingerprint density at radius 1 is 0.422 bits per heavy atom. The van der Waals surface area contributed by atoms with Crippen LogP contribution < -0.4 is 5.79 Å². The predicted molar refractivity (Wildman–Crippen MR) is 310 cm³/mol. The quantitative estimate of drug-likeness (QED) is 0.0374. The third kappa shape index (κ3) is 11.8. The summed E-state index contributed by atoms with van der Waals surface area (Å²) in [6, 6.07) is 10.9. The first kappa shape index (κ1) is 51.9. The molecule has 0 spiro atoms. The molecule has 0 saturated carbocycles. The molecule has 0 nitrogen and oxygen atoms in total. The van der Waals surface area contributed by atoms with Crippen molar-refractivity contribution in [2.75, 3.05) is 0 Å². The molecule has 6 aromatic heterocycles. The molecule has 0 aliphatic heterocycles. The Kier molecular flexibility index (Phi) is 18.9. The summed E-state index contributed by atoms with van der Waals surface area (Å²) in [5.74, 6) is 1.56. The predicted octanol–water partition coefficient (Wildman–Crippen LogP) is 20.9. The third-order valence-corrected chi connectivity index (χ3v) is 40.2. The molecule has 8 heteroatoms. The molecule has 0 bridgehead atoms. The Morgan fingerprint density at radius 2 is 0.812 bits per heavy atom. The van der Waals surface area contributed by atoms with Gasteiger partial charge in [0.2, 0.25) is 0 Å². The van der Waals surface area contributed by atoms with Crippen LogP contribution in [0.15, 0.2) is 24.3 Å². The van der Waals surface area contributed by atoms with Crippen LogP contribution in [0.3, 0.4) is 0 Å². The fourth-order valence-electron chi connectivity index (χ4n) is 9.86. The summed E-state index contributed by atoms with van der Waals surface area (Å²) in [6.07, 6.45) is 26.2. The van der Waals surface area contributed by atoms with Crippen LogP contribution in [0.2, 0.25) is 29.6 Å². The number of fused-ring (bicyclic) bond motifs is 6. The molecule has 64 heavy (non-hydrogen) atoms. The Hall–Kier alpha value is 0.0574. The summed E-state index contributed by atoms with van der Waals surface area (Å²) >= 11 is 8.47. The zero-order valence-corrected chi connectivity index (χ0v) is 52.7. The standard InChI is InChI=1S/C50H64S6.6CH3.2Sn/c1-7-13-17-19-23-35-31-41(53-39(35)29-33(11-5)21-15-9-3)43-45-47-37(25-27-51-47)56-50(45)44(46-48-38(26-28-52-48)55-49(43)46)42-32-36(24-20-18-14-8-2)40(54-42)30-34(12-6)22-16-10-4;;;;;;;;/h25-26,31-34H,7-24,29-30H2,1-6H3;6*1H3;;. The van der Waals surface area contributed by atoms with E-state index < -0.39 is 36.8 Å². The molecule has 0 saturated heterocycles. The molecule has 7 aromatic rings. The Morgan fingerprint density at radius 3 is 1.16 bits per heavy atom.